The van der Waals surface area contributed by atoms with Crippen molar-refractivity contribution in [1.29, 1.82) is 0 Å². The summed E-state index contributed by atoms with van der Waals surface area (Å²) in [7, 11) is 0. The maximum absolute atomic E-state index is 5.32. The molecule has 0 fully saturated rings. The monoisotopic (exact) mass is 244 g/mol. The molecular formula is C15H20N2O. The van der Waals surface area contributed by atoms with Crippen molar-refractivity contribution in [3.63, 3.8) is 0 Å². The van der Waals surface area contributed by atoms with Crippen LogP contribution in [0.15, 0.2) is 28.9 Å². The van der Waals surface area contributed by atoms with Crippen LogP contribution in [0, 0.1) is 20.8 Å². The van der Waals surface area contributed by atoms with E-state index in [9.17, 15) is 0 Å². The summed E-state index contributed by atoms with van der Waals surface area (Å²) in [5.41, 5.74) is 4.76. The van der Waals surface area contributed by atoms with E-state index < -0.39 is 0 Å². The smallest absolute Gasteiger partial charge is 0.117 e. The largest absolute Gasteiger partial charge is 0.468 e. The molecule has 2 heterocycles. The second-order valence-electron chi connectivity index (χ2n) is 4.76. The molecule has 96 valence electrons. The van der Waals surface area contributed by atoms with E-state index in [-0.39, 0.29) is 6.04 Å². The predicted molar refractivity (Wildman–Crippen MR) is 72.4 cm³/mol. The lowest BCUT2D eigenvalue weighted by atomic mass is 10.0. The minimum Gasteiger partial charge on any atom is -0.468 e. The SMILES string of the molecule is Cc1cc(C)c(C(C)NCc2ccco2)c(C)n1. The van der Waals surface area contributed by atoms with Crippen LogP contribution < -0.4 is 5.32 Å². The summed E-state index contributed by atoms with van der Waals surface area (Å²) in [4.78, 5) is 4.54. The van der Waals surface area contributed by atoms with E-state index >= 15 is 0 Å². The lowest BCUT2D eigenvalue weighted by Crippen LogP contribution is -2.20. The zero-order chi connectivity index (χ0) is 13.1. The van der Waals surface area contributed by atoms with E-state index in [1.165, 1.54) is 11.1 Å². The van der Waals surface area contributed by atoms with Crippen LogP contribution in [-0.4, -0.2) is 4.98 Å². The number of hydrogen-bond acceptors (Lipinski definition) is 3. The third-order valence-electron chi connectivity index (χ3n) is 3.18. The van der Waals surface area contributed by atoms with Crippen molar-refractivity contribution in [2.24, 2.45) is 0 Å². The first-order valence-corrected chi connectivity index (χ1v) is 6.28. The molecule has 0 saturated carbocycles. The van der Waals surface area contributed by atoms with Crippen molar-refractivity contribution in [1.82, 2.24) is 10.3 Å². The Labute approximate surface area is 108 Å². The van der Waals surface area contributed by atoms with Crippen molar-refractivity contribution in [2.45, 2.75) is 40.3 Å². The highest BCUT2D eigenvalue weighted by atomic mass is 16.3. The topological polar surface area (TPSA) is 38.1 Å². The van der Waals surface area contributed by atoms with Crippen molar-refractivity contribution in [2.75, 3.05) is 0 Å². The molecule has 0 aliphatic carbocycles. The number of rotatable bonds is 4. The Kier molecular flexibility index (Phi) is 3.82. The maximum Gasteiger partial charge on any atom is 0.117 e. The van der Waals surface area contributed by atoms with E-state index in [0.29, 0.717) is 0 Å². The van der Waals surface area contributed by atoms with Crippen molar-refractivity contribution in [3.8, 4) is 0 Å². The van der Waals surface area contributed by atoms with Crippen molar-refractivity contribution < 1.29 is 4.42 Å². The summed E-state index contributed by atoms with van der Waals surface area (Å²) in [6.45, 7) is 9.14. The van der Waals surface area contributed by atoms with Crippen LogP contribution in [0.5, 0.6) is 0 Å². The van der Waals surface area contributed by atoms with Crippen LogP contribution in [0.4, 0.5) is 0 Å². The van der Waals surface area contributed by atoms with Gasteiger partial charge >= 0.3 is 0 Å². The number of aromatic nitrogens is 1. The number of aryl methyl sites for hydroxylation is 3. The molecule has 2 aromatic rings. The summed E-state index contributed by atoms with van der Waals surface area (Å²) in [5.74, 6) is 0.956. The minimum atomic E-state index is 0.267. The molecule has 0 spiro atoms. The summed E-state index contributed by atoms with van der Waals surface area (Å²) in [6.07, 6.45) is 1.70. The second kappa shape index (κ2) is 5.36. The molecule has 0 bridgehead atoms. The summed E-state index contributed by atoms with van der Waals surface area (Å²) < 4.78 is 5.32. The molecule has 3 heteroatoms. The Hall–Kier alpha value is -1.61. The normalized spacial score (nSPS) is 12.7. The first-order chi connectivity index (χ1) is 8.58. The van der Waals surface area contributed by atoms with Crippen molar-refractivity contribution in [3.05, 3.63) is 52.7 Å². The standard InChI is InChI=1S/C15H20N2O/c1-10-8-11(2)17-13(4)15(10)12(3)16-9-14-6-5-7-18-14/h5-8,12,16H,9H2,1-4H3. The van der Waals surface area contributed by atoms with E-state index in [4.69, 9.17) is 4.42 Å². The third-order valence-corrected chi connectivity index (χ3v) is 3.18. The number of nitrogens with one attached hydrogen (secondary N) is 1. The van der Waals surface area contributed by atoms with Gasteiger partial charge in [0.2, 0.25) is 0 Å². The van der Waals surface area contributed by atoms with Gasteiger partial charge in [-0.3, -0.25) is 4.98 Å². The van der Waals surface area contributed by atoms with Gasteiger partial charge in [-0.05, 0) is 57.0 Å². The molecule has 0 saturated heterocycles. The molecule has 0 aliphatic heterocycles. The lowest BCUT2D eigenvalue weighted by Gasteiger charge is -2.18. The maximum atomic E-state index is 5.32. The number of furan rings is 1. The summed E-state index contributed by atoms with van der Waals surface area (Å²) >= 11 is 0. The fourth-order valence-electron chi connectivity index (χ4n) is 2.46. The van der Waals surface area contributed by atoms with Gasteiger partial charge in [0, 0.05) is 17.4 Å². The van der Waals surface area contributed by atoms with Gasteiger partial charge in [-0.15, -0.1) is 0 Å². The molecule has 2 rings (SSSR count). The van der Waals surface area contributed by atoms with Crippen LogP contribution in [0.1, 0.15) is 41.2 Å². The van der Waals surface area contributed by atoms with Gasteiger partial charge < -0.3 is 9.73 Å². The Morgan fingerprint density at radius 2 is 2.11 bits per heavy atom. The quantitative estimate of drug-likeness (QED) is 0.895. The molecule has 0 radical (unpaired) electrons. The molecule has 0 aromatic carbocycles. The zero-order valence-electron chi connectivity index (χ0n) is 11.4. The van der Waals surface area contributed by atoms with Crippen LogP contribution >= 0.6 is 0 Å². The fraction of sp³-hybridized carbons (Fsp3) is 0.400. The van der Waals surface area contributed by atoms with Gasteiger partial charge in [-0.1, -0.05) is 0 Å². The van der Waals surface area contributed by atoms with Gasteiger partial charge in [0.05, 0.1) is 12.8 Å². The molecule has 1 N–H and O–H groups in total. The number of nitrogens with zero attached hydrogens (tertiary/aromatic N) is 1. The van der Waals surface area contributed by atoms with Gasteiger partial charge in [0.1, 0.15) is 5.76 Å². The first-order valence-electron chi connectivity index (χ1n) is 6.28. The molecule has 1 unspecified atom stereocenters. The molecule has 0 amide bonds. The average molecular weight is 244 g/mol. The summed E-state index contributed by atoms with van der Waals surface area (Å²) in [5, 5.41) is 3.47. The molecule has 0 aliphatic rings. The Bertz CT molecular complexity index is 494. The molecule has 1 atom stereocenters. The van der Waals surface area contributed by atoms with E-state index in [1.807, 2.05) is 19.1 Å². The molecule has 18 heavy (non-hydrogen) atoms. The molecule has 3 nitrogen and oxygen atoms in total. The van der Waals surface area contributed by atoms with Crippen LogP contribution in [0.2, 0.25) is 0 Å². The van der Waals surface area contributed by atoms with Gasteiger partial charge in [-0.25, -0.2) is 0 Å². The first kappa shape index (κ1) is 12.8. The molecular weight excluding hydrogens is 224 g/mol. The van der Waals surface area contributed by atoms with Crippen LogP contribution in [-0.2, 0) is 6.54 Å². The van der Waals surface area contributed by atoms with Gasteiger partial charge in [0.25, 0.3) is 0 Å². The molecule has 2 aromatic heterocycles. The fourth-order valence-corrected chi connectivity index (χ4v) is 2.46. The predicted octanol–water partition coefficient (Wildman–Crippen LogP) is 3.45. The zero-order valence-corrected chi connectivity index (χ0v) is 11.4. The van der Waals surface area contributed by atoms with Gasteiger partial charge in [-0.2, -0.15) is 0 Å². The average Bonchev–Trinajstić information content (AvgIpc) is 2.77. The Balaban J connectivity index is 2.11. The van der Waals surface area contributed by atoms with Crippen LogP contribution in [0.3, 0.4) is 0 Å². The highest BCUT2D eigenvalue weighted by Gasteiger charge is 2.12. The van der Waals surface area contributed by atoms with E-state index in [2.05, 4.69) is 37.1 Å². The number of pyridine rings is 1. The highest BCUT2D eigenvalue weighted by Crippen LogP contribution is 2.21. The van der Waals surface area contributed by atoms with Crippen molar-refractivity contribution >= 4 is 0 Å². The highest BCUT2D eigenvalue weighted by molar-refractivity contribution is 5.33. The second-order valence-corrected chi connectivity index (χ2v) is 4.76. The Morgan fingerprint density at radius 1 is 1.33 bits per heavy atom. The lowest BCUT2D eigenvalue weighted by molar-refractivity contribution is 0.459. The minimum absolute atomic E-state index is 0.267. The number of hydrogen-bond donors (Lipinski definition) is 1. The Morgan fingerprint density at radius 3 is 2.72 bits per heavy atom. The van der Waals surface area contributed by atoms with E-state index in [0.717, 1.165) is 23.7 Å². The van der Waals surface area contributed by atoms with Gasteiger partial charge in [0.15, 0.2) is 0 Å². The van der Waals surface area contributed by atoms with E-state index in [1.54, 1.807) is 6.26 Å². The third kappa shape index (κ3) is 2.79. The summed E-state index contributed by atoms with van der Waals surface area (Å²) in [6, 6.07) is 6.29. The van der Waals surface area contributed by atoms with Crippen LogP contribution in [0.25, 0.3) is 0 Å².